The molecule has 0 fully saturated rings. The Labute approximate surface area is 113 Å². The number of hydrogen-bond donors (Lipinski definition) is 0. The summed E-state index contributed by atoms with van der Waals surface area (Å²) in [6.07, 6.45) is 1.61. The summed E-state index contributed by atoms with van der Waals surface area (Å²) in [7, 11) is 5.15. The van der Waals surface area contributed by atoms with Crippen LogP contribution in [-0.4, -0.2) is 0 Å². The molecule has 1 aromatic carbocycles. The van der Waals surface area contributed by atoms with Crippen LogP contribution >= 0.6 is 31.4 Å². The lowest BCUT2D eigenvalue weighted by Gasteiger charge is -2.13. The van der Waals surface area contributed by atoms with Crippen LogP contribution in [0.2, 0.25) is 0 Å². The van der Waals surface area contributed by atoms with Gasteiger partial charge in [0.2, 0.25) is 0 Å². The van der Waals surface area contributed by atoms with Gasteiger partial charge in [0.15, 0.2) is 0 Å². The zero-order chi connectivity index (χ0) is 12.4. The van der Waals surface area contributed by atoms with Gasteiger partial charge in [0.05, 0.1) is 11.1 Å². The summed E-state index contributed by atoms with van der Waals surface area (Å²) in [4.78, 5) is 2.41. The van der Waals surface area contributed by atoms with Crippen LogP contribution < -0.4 is 0 Å². The van der Waals surface area contributed by atoms with Gasteiger partial charge in [0, 0.05) is 9.79 Å². The summed E-state index contributed by atoms with van der Waals surface area (Å²) >= 11 is 0. The molecule has 1 aromatic rings. The second kappa shape index (κ2) is 5.27. The highest BCUT2D eigenvalue weighted by molar-refractivity contribution is 9.10. The number of nitriles is 2. The summed E-state index contributed by atoms with van der Waals surface area (Å²) in [5.41, 5.74) is 3.25. The van der Waals surface area contributed by atoms with E-state index in [1.807, 2.05) is 13.8 Å². The predicted octanol–water partition coefficient (Wildman–Crippen LogP) is 4.32. The van der Waals surface area contributed by atoms with Gasteiger partial charge < -0.3 is 0 Å². The number of rotatable bonds is 2. The van der Waals surface area contributed by atoms with E-state index in [9.17, 15) is 10.5 Å². The Morgan fingerprint density at radius 3 is 1.59 bits per heavy atom. The molecule has 0 saturated carbocycles. The topological polar surface area (TPSA) is 47.6 Å². The van der Waals surface area contributed by atoms with Crippen LogP contribution in [0.5, 0.6) is 0 Å². The molecule has 0 aromatic heterocycles. The summed E-state index contributed by atoms with van der Waals surface area (Å²) in [5, 5.41) is 18.6. The highest BCUT2D eigenvalue weighted by Gasteiger charge is 2.26. The van der Waals surface area contributed by atoms with Gasteiger partial charge in [-0.2, -0.15) is 10.5 Å². The van der Waals surface area contributed by atoms with Gasteiger partial charge >= 0.3 is 0 Å². The minimum absolute atomic E-state index is 0.584. The maximum absolute atomic E-state index is 9.29. The molecule has 0 amide bonds. The van der Waals surface area contributed by atoms with Crippen LogP contribution in [0.3, 0.4) is 0 Å². The quantitative estimate of drug-likeness (QED) is 0.754. The molecule has 0 radical (unpaired) electrons. The molecule has 1 aliphatic rings. The van der Waals surface area contributed by atoms with E-state index in [0.717, 1.165) is 24.0 Å². The van der Waals surface area contributed by atoms with E-state index in [2.05, 4.69) is 12.1 Å². The normalized spacial score (nSPS) is 12.9. The Morgan fingerprint density at radius 1 is 0.882 bits per heavy atom. The average Bonchev–Trinajstić information content (AvgIpc) is 2.84. The van der Waals surface area contributed by atoms with Crippen LogP contribution in [0.15, 0.2) is 9.79 Å². The number of benzene rings is 1. The summed E-state index contributed by atoms with van der Waals surface area (Å²) in [5.74, 6) is 0. The highest BCUT2D eigenvalue weighted by atomic mass is 33.5. The zero-order valence-electron chi connectivity index (χ0n) is 9.53. The Hall–Kier alpha value is -0.750. The molecule has 0 aliphatic carbocycles. The van der Waals surface area contributed by atoms with Crippen LogP contribution in [0.1, 0.15) is 36.1 Å². The molecule has 2 rings (SSSR count). The SMILES string of the molecule is CCc1c(C#N)c(C#N)c(CC)c2c1SSS2. The third kappa shape index (κ3) is 1.93. The lowest BCUT2D eigenvalue weighted by Crippen LogP contribution is -2.02. The van der Waals surface area contributed by atoms with Crippen molar-refractivity contribution in [1.82, 2.24) is 0 Å². The molecule has 17 heavy (non-hydrogen) atoms. The Kier molecular flexibility index (Phi) is 3.93. The lowest BCUT2D eigenvalue weighted by molar-refractivity contribution is 0.965. The van der Waals surface area contributed by atoms with Crippen molar-refractivity contribution in [1.29, 1.82) is 10.5 Å². The van der Waals surface area contributed by atoms with Gasteiger partial charge in [-0.05, 0) is 55.4 Å². The maximum Gasteiger partial charge on any atom is 0.101 e. The molecular weight excluding hydrogens is 268 g/mol. The van der Waals surface area contributed by atoms with Crippen molar-refractivity contribution in [2.75, 3.05) is 0 Å². The first kappa shape index (κ1) is 12.7. The first-order valence-electron chi connectivity index (χ1n) is 5.31. The van der Waals surface area contributed by atoms with Gasteiger partial charge in [-0.3, -0.25) is 0 Å². The van der Waals surface area contributed by atoms with Crippen molar-refractivity contribution in [2.45, 2.75) is 36.5 Å². The van der Waals surface area contributed by atoms with Crippen LogP contribution in [0, 0.1) is 22.7 Å². The van der Waals surface area contributed by atoms with Crippen molar-refractivity contribution >= 4 is 31.4 Å². The minimum Gasteiger partial charge on any atom is -0.192 e. The third-order valence-corrected chi connectivity index (χ3v) is 6.91. The van der Waals surface area contributed by atoms with Crippen molar-refractivity contribution in [3.63, 3.8) is 0 Å². The van der Waals surface area contributed by atoms with E-state index in [0.29, 0.717) is 11.1 Å². The third-order valence-electron chi connectivity index (χ3n) is 2.77. The van der Waals surface area contributed by atoms with Crippen molar-refractivity contribution < 1.29 is 0 Å². The Bertz CT molecular complexity index is 504. The molecular formula is C12H10N2S3. The summed E-state index contributed by atoms with van der Waals surface area (Å²) in [6, 6.07) is 4.43. The Balaban J connectivity index is 2.86. The second-order valence-electron chi connectivity index (χ2n) is 3.53. The molecule has 0 atom stereocenters. The van der Waals surface area contributed by atoms with E-state index in [4.69, 9.17) is 0 Å². The first-order chi connectivity index (χ1) is 8.28. The first-order valence-corrected chi connectivity index (χ1v) is 8.79. The van der Waals surface area contributed by atoms with Gasteiger partial charge in [-0.15, -0.1) is 0 Å². The van der Waals surface area contributed by atoms with Gasteiger partial charge in [0.1, 0.15) is 12.1 Å². The van der Waals surface area contributed by atoms with Crippen LogP contribution in [-0.2, 0) is 12.8 Å². The second-order valence-corrected chi connectivity index (χ2v) is 7.45. The van der Waals surface area contributed by atoms with E-state index in [1.54, 1.807) is 31.4 Å². The van der Waals surface area contributed by atoms with Crippen molar-refractivity contribution in [2.24, 2.45) is 0 Å². The largest absolute Gasteiger partial charge is 0.192 e. The van der Waals surface area contributed by atoms with Crippen molar-refractivity contribution in [3.05, 3.63) is 22.3 Å². The van der Waals surface area contributed by atoms with Gasteiger partial charge in [-0.1, -0.05) is 13.8 Å². The lowest BCUT2D eigenvalue weighted by atomic mass is 9.94. The summed E-state index contributed by atoms with van der Waals surface area (Å²) < 4.78 is 0. The molecule has 5 heteroatoms. The molecule has 0 unspecified atom stereocenters. The molecule has 0 N–H and O–H groups in total. The molecule has 1 heterocycles. The number of fused-ring (bicyclic) bond motifs is 1. The Morgan fingerprint density at radius 2 is 1.29 bits per heavy atom. The fourth-order valence-corrected chi connectivity index (χ4v) is 6.96. The summed E-state index contributed by atoms with van der Waals surface area (Å²) in [6.45, 7) is 4.08. The van der Waals surface area contributed by atoms with E-state index < -0.39 is 0 Å². The van der Waals surface area contributed by atoms with Crippen LogP contribution in [0.4, 0.5) is 0 Å². The highest BCUT2D eigenvalue weighted by Crippen LogP contribution is 2.59. The molecule has 0 bridgehead atoms. The standard InChI is InChI=1S/C12H10N2S3/c1-3-7-9(5-13)10(6-14)8(4-2)12-11(7)15-17-16-12/h3-4H2,1-2H3. The molecule has 2 nitrogen and oxygen atoms in total. The fourth-order valence-electron chi connectivity index (χ4n) is 1.99. The van der Waals surface area contributed by atoms with Crippen LogP contribution in [0.25, 0.3) is 0 Å². The van der Waals surface area contributed by atoms with Gasteiger partial charge in [-0.25, -0.2) is 0 Å². The molecule has 86 valence electrons. The molecule has 0 spiro atoms. The van der Waals surface area contributed by atoms with E-state index in [-0.39, 0.29) is 0 Å². The molecule has 1 aliphatic heterocycles. The fraction of sp³-hybridized carbons (Fsp3) is 0.333. The molecule has 0 saturated heterocycles. The van der Waals surface area contributed by atoms with Crippen molar-refractivity contribution in [3.8, 4) is 12.1 Å². The smallest absolute Gasteiger partial charge is 0.101 e. The van der Waals surface area contributed by atoms with E-state index in [1.165, 1.54) is 9.79 Å². The minimum atomic E-state index is 0.584. The monoisotopic (exact) mass is 278 g/mol. The van der Waals surface area contributed by atoms with Gasteiger partial charge in [0.25, 0.3) is 0 Å². The number of hydrogen-bond acceptors (Lipinski definition) is 5. The number of nitrogens with zero attached hydrogens (tertiary/aromatic N) is 2. The van der Waals surface area contributed by atoms with E-state index >= 15 is 0 Å². The predicted molar refractivity (Wildman–Crippen MR) is 73.9 cm³/mol. The zero-order valence-corrected chi connectivity index (χ0v) is 12.0. The average molecular weight is 278 g/mol. The maximum atomic E-state index is 9.29.